The first-order valence-corrected chi connectivity index (χ1v) is 12.9. The van der Waals surface area contributed by atoms with E-state index in [1.165, 1.54) is 0 Å². The number of carbonyl (C=O) groups excluding carboxylic acids is 1. The lowest BCUT2D eigenvalue weighted by Crippen LogP contribution is -2.34. The molecule has 35 heavy (non-hydrogen) atoms. The third-order valence-electron chi connectivity index (χ3n) is 3.35. The lowest BCUT2D eigenvalue weighted by molar-refractivity contribution is 0.0977. The van der Waals surface area contributed by atoms with Crippen molar-refractivity contribution < 1.29 is 4.79 Å². The van der Waals surface area contributed by atoms with Gasteiger partial charge in [0, 0.05) is 11.3 Å². The van der Waals surface area contributed by atoms with E-state index < -0.39 is 0 Å². The summed E-state index contributed by atoms with van der Waals surface area (Å²) in [5.41, 5.74) is 4.02. The molecule has 0 aliphatic heterocycles. The summed E-state index contributed by atoms with van der Waals surface area (Å²) in [4.78, 5) is 22.9. The van der Waals surface area contributed by atoms with Crippen LogP contribution in [-0.2, 0) is 0 Å². The van der Waals surface area contributed by atoms with Gasteiger partial charge in [-0.15, -0.1) is 11.5 Å². The van der Waals surface area contributed by atoms with Crippen LogP contribution >= 0.6 is 23.8 Å². The highest BCUT2D eigenvalue weighted by molar-refractivity contribution is 7.80. The average Bonchev–Trinajstić information content (AvgIpc) is 2.86. The minimum atomic E-state index is -0.297. The number of allylic oxidation sites excluding steroid dienone is 1. The molecule has 7 heteroatoms. The molecule has 2 rings (SSSR count). The number of anilines is 1. The standard InChI is InChI=1S/C17H16ClN3O2S.C3H6.4C2H6/c1-9-4-10(2)6-12(5-9)16(22)20-17(24)19-14-8-13(18)15(21-23)7-11(14)3;1-3-2;4*1-2/h4-8H,1-3H3,(H2,19,20,22,24);3H,1H2,2H3;4*1-2H3. The van der Waals surface area contributed by atoms with Crippen LogP contribution in [0.3, 0.4) is 0 Å². The zero-order chi connectivity index (χ0) is 28.6. The van der Waals surface area contributed by atoms with E-state index in [4.69, 9.17) is 23.8 Å². The lowest BCUT2D eigenvalue weighted by atomic mass is 10.1. The quantitative estimate of drug-likeness (QED) is 0.238. The van der Waals surface area contributed by atoms with E-state index in [-0.39, 0.29) is 21.7 Å². The largest absolute Gasteiger partial charge is 0.332 e. The molecule has 0 bridgehead atoms. The zero-order valence-corrected chi connectivity index (χ0v) is 25.3. The maximum atomic E-state index is 12.3. The fourth-order valence-electron chi connectivity index (χ4n) is 2.31. The molecule has 1 amide bonds. The summed E-state index contributed by atoms with van der Waals surface area (Å²) in [5, 5.41) is 8.73. The molecule has 0 saturated carbocycles. The molecule has 0 aliphatic rings. The van der Waals surface area contributed by atoms with E-state index in [0.717, 1.165) is 16.7 Å². The maximum Gasteiger partial charge on any atom is 0.257 e. The van der Waals surface area contributed by atoms with Crippen LogP contribution in [0.15, 0.2) is 48.2 Å². The van der Waals surface area contributed by atoms with E-state index in [0.29, 0.717) is 11.3 Å². The number of rotatable bonds is 3. The van der Waals surface area contributed by atoms with Gasteiger partial charge >= 0.3 is 0 Å². The molecule has 0 aliphatic carbocycles. The number of benzene rings is 2. The van der Waals surface area contributed by atoms with Gasteiger partial charge in [0.25, 0.3) is 5.91 Å². The summed E-state index contributed by atoms with van der Waals surface area (Å²) in [7, 11) is 0. The van der Waals surface area contributed by atoms with Crippen molar-refractivity contribution >= 4 is 46.2 Å². The molecule has 0 radical (unpaired) electrons. The molecule has 0 saturated heterocycles. The van der Waals surface area contributed by atoms with Crippen molar-refractivity contribution in [1.82, 2.24) is 5.32 Å². The number of thiocarbonyl (C=S) groups is 1. The Morgan fingerprint density at radius 2 is 1.34 bits per heavy atom. The third-order valence-corrected chi connectivity index (χ3v) is 3.86. The molecule has 2 aromatic rings. The highest BCUT2D eigenvalue weighted by atomic mass is 35.5. The monoisotopic (exact) mass is 523 g/mol. The van der Waals surface area contributed by atoms with Crippen LogP contribution in [-0.4, -0.2) is 11.0 Å². The Morgan fingerprint density at radius 3 is 1.74 bits per heavy atom. The van der Waals surface area contributed by atoms with Crippen LogP contribution in [0.1, 0.15) is 89.4 Å². The summed E-state index contributed by atoms with van der Waals surface area (Å²) in [6.07, 6.45) is 1.75. The summed E-state index contributed by atoms with van der Waals surface area (Å²) >= 11 is 11.1. The molecular weight excluding hydrogens is 478 g/mol. The van der Waals surface area contributed by atoms with Gasteiger partial charge in [-0.05, 0) is 74.9 Å². The molecule has 0 fully saturated rings. The first-order valence-electron chi connectivity index (χ1n) is 12.1. The molecule has 2 aromatic carbocycles. The molecule has 0 heterocycles. The van der Waals surface area contributed by atoms with Crippen LogP contribution in [0.2, 0.25) is 5.02 Å². The SMILES string of the molecule is C=CC.CC.CC.CC.CC.Cc1cc(C)cc(C(=O)NC(=S)Nc2cc(Cl)c(N=O)cc2C)c1. The van der Waals surface area contributed by atoms with Crippen molar-refractivity contribution in [1.29, 1.82) is 0 Å². The topological polar surface area (TPSA) is 70.6 Å². The second kappa shape index (κ2) is 26.0. The zero-order valence-electron chi connectivity index (χ0n) is 23.7. The molecule has 0 spiro atoms. The van der Waals surface area contributed by atoms with Crippen LogP contribution in [0.5, 0.6) is 0 Å². The van der Waals surface area contributed by atoms with Crippen molar-refractivity contribution in [2.75, 3.05) is 5.32 Å². The number of halogens is 1. The second-order valence-electron chi connectivity index (χ2n) is 5.90. The van der Waals surface area contributed by atoms with Gasteiger partial charge in [0.05, 0.1) is 5.02 Å². The van der Waals surface area contributed by atoms with Crippen LogP contribution in [0, 0.1) is 25.7 Å². The van der Waals surface area contributed by atoms with E-state index in [2.05, 4.69) is 22.4 Å². The number of aryl methyl sites for hydroxylation is 3. The minimum Gasteiger partial charge on any atom is -0.332 e. The fraction of sp³-hybridized carbons (Fsp3) is 0.429. The Balaban J connectivity index is -0.000000381. The fourth-order valence-corrected chi connectivity index (χ4v) is 2.71. The van der Waals surface area contributed by atoms with Crippen molar-refractivity contribution in [3.8, 4) is 0 Å². The lowest BCUT2D eigenvalue weighted by Gasteiger charge is -2.13. The van der Waals surface area contributed by atoms with Gasteiger partial charge in [0.2, 0.25) is 0 Å². The number of nitrogens with zero attached hydrogens (tertiary/aromatic N) is 1. The first-order chi connectivity index (χ1) is 16.7. The number of carbonyl (C=O) groups is 1. The summed E-state index contributed by atoms with van der Waals surface area (Å²) in [5.74, 6) is -0.297. The van der Waals surface area contributed by atoms with Crippen LogP contribution < -0.4 is 10.6 Å². The van der Waals surface area contributed by atoms with Crippen molar-refractivity contribution in [3.63, 3.8) is 0 Å². The molecule has 0 aromatic heterocycles. The molecule has 0 unspecified atom stereocenters. The Hall–Kier alpha value is -2.57. The maximum absolute atomic E-state index is 12.3. The normalized spacial score (nSPS) is 8.03. The summed E-state index contributed by atoms with van der Waals surface area (Å²) < 4.78 is 0. The van der Waals surface area contributed by atoms with Crippen molar-refractivity contribution in [2.24, 2.45) is 5.18 Å². The summed E-state index contributed by atoms with van der Waals surface area (Å²) in [6.45, 7) is 26.9. The molecule has 5 nitrogen and oxygen atoms in total. The predicted molar refractivity (Wildman–Crippen MR) is 163 cm³/mol. The number of hydrogen-bond acceptors (Lipinski definition) is 4. The van der Waals surface area contributed by atoms with Crippen LogP contribution in [0.4, 0.5) is 11.4 Å². The smallest absolute Gasteiger partial charge is 0.257 e. The van der Waals surface area contributed by atoms with Gasteiger partial charge in [-0.25, -0.2) is 0 Å². The number of amides is 1. The number of hydrogen-bond donors (Lipinski definition) is 2. The van der Waals surface area contributed by atoms with Crippen molar-refractivity contribution in [2.45, 2.75) is 83.1 Å². The third kappa shape index (κ3) is 17.5. The van der Waals surface area contributed by atoms with Gasteiger partial charge in [-0.1, -0.05) is 90.3 Å². The molecule has 2 N–H and O–H groups in total. The number of nitrogens with one attached hydrogen (secondary N) is 2. The first kappa shape index (κ1) is 39.6. The highest BCUT2D eigenvalue weighted by Gasteiger charge is 2.11. The van der Waals surface area contributed by atoms with E-state index in [1.54, 1.807) is 37.3 Å². The average molecular weight is 524 g/mol. The van der Waals surface area contributed by atoms with E-state index in [1.807, 2.05) is 82.2 Å². The summed E-state index contributed by atoms with van der Waals surface area (Å²) in [6, 6.07) is 8.66. The Morgan fingerprint density at radius 1 is 0.914 bits per heavy atom. The van der Waals surface area contributed by atoms with Gasteiger partial charge in [0.15, 0.2) is 5.11 Å². The Labute approximate surface area is 224 Å². The Bertz CT molecular complexity index is 864. The van der Waals surface area contributed by atoms with Gasteiger partial charge in [-0.2, -0.15) is 0 Å². The van der Waals surface area contributed by atoms with Crippen molar-refractivity contribution in [3.05, 3.63) is 75.2 Å². The molecular formula is C28H46ClN3O2S. The number of nitroso groups, excluding NO2 is 1. The predicted octanol–water partition coefficient (Wildman–Crippen LogP) is 10.1. The van der Waals surface area contributed by atoms with Gasteiger partial charge in [-0.3, -0.25) is 10.1 Å². The van der Waals surface area contributed by atoms with Gasteiger partial charge in [0.1, 0.15) is 5.69 Å². The highest BCUT2D eigenvalue weighted by Crippen LogP contribution is 2.30. The van der Waals surface area contributed by atoms with E-state index >= 15 is 0 Å². The van der Waals surface area contributed by atoms with Crippen LogP contribution in [0.25, 0.3) is 0 Å². The molecule has 0 atom stereocenters. The Kier molecular flexibility index (Phi) is 29.5. The second-order valence-corrected chi connectivity index (χ2v) is 6.72. The molecule has 198 valence electrons. The van der Waals surface area contributed by atoms with Gasteiger partial charge < -0.3 is 5.32 Å². The minimum absolute atomic E-state index is 0.144. The van der Waals surface area contributed by atoms with E-state index in [9.17, 15) is 9.70 Å².